The number of carbonyl (C=O) groups excluding carboxylic acids is 3. The highest BCUT2D eigenvalue weighted by Crippen LogP contribution is 2.45. The fourth-order valence-electron chi connectivity index (χ4n) is 3.50. The molecule has 0 aliphatic carbocycles. The molecule has 1 aromatic heterocycles. The lowest BCUT2D eigenvalue weighted by atomic mass is 10.1. The van der Waals surface area contributed by atoms with Crippen LogP contribution in [0.5, 0.6) is 5.75 Å². The fraction of sp³-hybridized carbons (Fsp3) is 0.174. The number of ether oxygens (including phenoxy) is 1. The number of amides is 2. The van der Waals surface area contributed by atoms with Crippen LogP contribution in [0.2, 0.25) is 0 Å². The van der Waals surface area contributed by atoms with Crippen molar-refractivity contribution in [3.05, 3.63) is 70.7 Å². The number of fused-ring (bicyclic) bond motifs is 1. The van der Waals surface area contributed by atoms with Crippen molar-refractivity contribution in [2.24, 2.45) is 0 Å². The van der Waals surface area contributed by atoms with Crippen LogP contribution in [0.1, 0.15) is 38.5 Å². The summed E-state index contributed by atoms with van der Waals surface area (Å²) in [6, 6.07) is 8.62. The molecule has 35 heavy (non-hydrogen) atoms. The van der Waals surface area contributed by atoms with Crippen molar-refractivity contribution in [3.8, 4) is 5.75 Å². The summed E-state index contributed by atoms with van der Waals surface area (Å²) in [5.41, 5.74) is 2.91. The summed E-state index contributed by atoms with van der Waals surface area (Å²) in [6.45, 7) is 3.67. The van der Waals surface area contributed by atoms with Crippen molar-refractivity contribution in [2.75, 3.05) is 11.9 Å². The van der Waals surface area contributed by atoms with Gasteiger partial charge in [-0.3, -0.25) is 19.3 Å². The number of aromatic nitrogens is 2. The van der Waals surface area contributed by atoms with Gasteiger partial charge in [-0.2, -0.15) is 0 Å². The number of esters is 1. The maximum atomic E-state index is 12.9. The summed E-state index contributed by atoms with van der Waals surface area (Å²) in [4.78, 5) is 47.9. The molecular formula is C23H16Br4N4O4. The average Bonchev–Trinajstić information content (AvgIpc) is 3.05. The molecule has 3 aromatic rings. The number of halogens is 4. The minimum absolute atomic E-state index is 0.108. The topological polar surface area (TPSA) is 101 Å². The zero-order chi connectivity index (χ0) is 25.4. The molecule has 0 radical (unpaired) electrons. The number of hydrogen-bond acceptors (Lipinski definition) is 7. The Hall–Kier alpha value is -2.15. The van der Waals surface area contributed by atoms with Crippen LogP contribution in [-0.2, 0) is 4.79 Å². The van der Waals surface area contributed by atoms with Gasteiger partial charge in [-0.15, -0.1) is 0 Å². The standard InChI is InChI=1S/C23H16Br4N4O4/c1-10-9-11(2)29-23(28-10)30-12-3-5-13(6-4-12)35-14(32)7-8-31-21(33)15-16(22(31)34)18(25)20(27)19(26)17(15)24/h3-6,9H,7-8H2,1-2H3,(H,28,29,30). The first kappa shape index (κ1) is 25.9. The van der Waals surface area contributed by atoms with Crippen molar-refractivity contribution in [3.63, 3.8) is 0 Å². The van der Waals surface area contributed by atoms with Crippen LogP contribution in [0.25, 0.3) is 0 Å². The van der Waals surface area contributed by atoms with E-state index in [4.69, 9.17) is 4.74 Å². The molecule has 1 aliphatic heterocycles. The summed E-state index contributed by atoms with van der Waals surface area (Å²) < 4.78 is 7.51. The van der Waals surface area contributed by atoms with Gasteiger partial charge >= 0.3 is 5.97 Å². The molecule has 12 heteroatoms. The molecule has 0 atom stereocenters. The van der Waals surface area contributed by atoms with Gasteiger partial charge in [0.25, 0.3) is 11.8 Å². The van der Waals surface area contributed by atoms with E-state index in [0.717, 1.165) is 22.0 Å². The Morgan fingerprint density at radius 2 is 1.40 bits per heavy atom. The van der Waals surface area contributed by atoms with Gasteiger partial charge in [0, 0.05) is 41.5 Å². The van der Waals surface area contributed by atoms with Crippen LogP contribution in [-0.4, -0.2) is 39.2 Å². The quantitative estimate of drug-likeness (QED) is 0.102. The highest BCUT2D eigenvalue weighted by Gasteiger charge is 2.41. The molecule has 0 unspecified atom stereocenters. The number of nitrogens with one attached hydrogen (secondary N) is 1. The van der Waals surface area contributed by atoms with Crippen LogP contribution in [0.3, 0.4) is 0 Å². The Kier molecular flexibility index (Phi) is 7.74. The first-order chi connectivity index (χ1) is 16.6. The third kappa shape index (κ3) is 5.35. The summed E-state index contributed by atoms with van der Waals surface area (Å²) in [6.07, 6.45) is -0.153. The molecule has 2 heterocycles. The molecular weight excluding hydrogens is 716 g/mol. The molecule has 2 aromatic carbocycles. The zero-order valence-corrected chi connectivity index (χ0v) is 24.6. The molecule has 2 amide bonds. The summed E-state index contributed by atoms with van der Waals surface area (Å²) in [5.74, 6) is -0.723. The molecule has 0 bridgehead atoms. The Balaban J connectivity index is 1.38. The normalized spacial score (nSPS) is 12.7. The second-order valence-electron chi connectivity index (χ2n) is 7.62. The highest BCUT2D eigenvalue weighted by molar-refractivity contribution is 9.15. The van der Waals surface area contributed by atoms with Crippen LogP contribution < -0.4 is 10.1 Å². The second kappa shape index (κ2) is 10.5. The van der Waals surface area contributed by atoms with Crippen molar-refractivity contribution in [1.82, 2.24) is 14.9 Å². The van der Waals surface area contributed by atoms with Crippen LogP contribution in [0, 0.1) is 13.8 Å². The van der Waals surface area contributed by atoms with Crippen LogP contribution in [0.15, 0.2) is 48.2 Å². The molecule has 0 saturated carbocycles. The van der Waals surface area contributed by atoms with E-state index >= 15 is 0 Å². The van der Waals surface area contributed by atoms with Gasteiger partial charge in [0.05, 0.1) is 17.5 Å². The number of hydrogen-bond donors (Lipinski definition) is 1. The minimum atomic E-state index is -0.569. The number of nitrogens with zero attached hydrogens (tertiary/aromatic N) is 3. The summed E-state index contributed by atoms with van der Waals surface area (Å²) in [5, 5.41) is 3.10. The zero-order valence-electron chi connectivity index (χ0n) is 18.3. The molecule has 0 fully saturated rings. The van der Waals surface area contributed by atoms with E-state index in [9.17, 15) is 14.4 Å². The number of benzene rings is 2. The smallest absolute Gasteiger partial charge is 0.312 e. The van der Waals surface area contributed by atoms with E-state index in [1.54, 1.807) is 24.3 Å². The van der Waals surface area contributed by atoms with Crippen LogP contribution in [0.4, 0.5) is 11.6 Å². The van der Waals surface area contributed by atoms with Gasteiger partial charge in [0.1, 0.15) is 5.75 Å². The number of carbonyl (C=O) groups is 3. The van der Waals surface area contributed by atoms with Gasteiger partial charge in [0.15, 0.2) is 0 Å². The first-order valence-electron chi connectivity index (χ1n) is 10.2. The first-order valence-corrected chi connectivity index (χ1v) is 13.4. The number of rotatable bonds is 6. The Labute approximate surface area is 234 Å². The Morgan fingerprint density at radius 1 is 0.886 bits per heavy atom. The van der Waals surface area contributed by atoms with E-state index in [1.165, 1.54) is 0 Å². The lowest BCUT2D eigenvalue weighted by Crippen LogP contribution is -2.32. The molecule has 0 spiro atoms. The van der Waals surface area contributed by atoms with E-state index in [0.29, 0.717) is 29.6 Å². The van der Waals surface area contributed by atoms with E-state index in [-0.39, 0.29) is 24.1 Å². The predicted octanol–water partition coefficient (Wildman–Crippen LogP) is 6.48. The third-order valence-corrected chi connectivity index (χ3v) is 9.82. The fourth-order valence-corrected chi connectivity index (χ4v) is 5.96. The van der Waals surface area contributed by atoms with Gasteiger partial charge in [-0.05, 0) is 108 Å². The van der Waals surface area contributed by atoms with Crippen molar-refractivity contribution in [2.45, 2.75) is 20.3 Å². The van der Waals surface area contributed by atoms with Gasteiger partial charge in [0.2, 0.25) is 5.95 Å². The monoisotopic (exact) mass is 728 g/mol. The molecule has 8 nitrogen and oxygen atoms in total. The molecule has 0 saturated heterocycles. The third-order valence-electron chi connectivity index (χ3n) is 5.05. The Morgan fingerprint density at radius 3 is 1.91 bits per heavy atom. The average molecular weight is 732 g/mol. The number of anilines is 2. The SMILES string of the molecule is Cc1cc(C)nc(Nc2ccc(OC(=O)CCN3C(=O)c4c(Br)c(Br)c(Br)c(Br)c4C3=O)cc2)n1. The summed E-state index contributed by atoms with van der Waals surface area (Å²) in [7, 11) is 0. The molecule has 180 valence electrons. The summed E-state index contributed by atoms with van der Waals surface area (Å²) >= 11 is 13.5. The lowest BCUT2D eigenvalue weighted by Gasteiger charge is -2.13. The van der Waals surface area contributed by atoms with Crippen molar-refractivity contribution in [1.29, 1.82) is 0 Å². The van der Waals surface area contributed by atoms with Crippen LogP contribution >= 0.6 is 63.7 Å². The van der Waals surface area contributed by atoms with E-state index in [1.807, 2.05) is 19.9 Å². The Bertz CT molecular complexity index is 1310. The largest absolute Gasteiger partial charge is 0.426 e. The van der Waals surface area contributed by atoms with Gasteiger partial charge in [-0.1, -0.05) is 0 Å². The van der Waals surface area contributed by atoms with E-state index in [2.05, 4.69) is 79.0 Å². The van der Waals surface area contributed by atoms with Crippen molar-refractivity contribution < 1.29 is 19.1 Å². The highest BCUT2D eigenvalue weighted by atomic mass is 79.9. The van der Waals surface area contributed by atoms with E-state index < -0.39 is 17.8 Å². The number of aryl methyl sites for hydroxylation is 2. The molecule has 1 N–H and O–H groups in total. The lowest BCUT2D eigenvalue weighted by molar-refractivity contribution is -0.134. The number of imide groups is 1. The molecule has 1 aliphatic rings. The maximum absolute atomic E-state index is 12.9. The van der Waals surface area contributed by atoms with Gasteiger partial charge < -0.3 is 10.1 Å². The van der Waals surface area contributed by atoms with Gasteiger partial charge in [-0.25, -0.2) is 9.97 Å². The second-order valence-corrected chi connectivity index (χ2v) is 10.8. The molecule has 4 rings (SSSR count). The van der Waals surface area contributed by atoms with Crippen molar-refractivity contribution >= 4 is 93.1 Å². The predicted molar refractivity (Wildman–Crippen MR) is 144 cm³/mol. The minimum Gasteiger partial charge on any atom is -0.426 e. The maximum Gasteiger partial charge on any atom is 0.312 e.